The Hall–Kier alpha value is -0.860. The lowest BCUT2D eigenvalue weighted by atomic mass is 9.87. The lowest BCUT2D eigenvalue weighted by Crippen LogP contribution is -2.29. The molecule has 1 atom stereocenters. The molecule has 1 aromatic carbocycles. The van der Waals surface area contributed by atoms with Gasteiger partial charge in [-0.1, -0.05) is 37.3 Å². The van der Waals surface area contributed by atoms with E-state index >= 15 is 0 Å². The van der Waals surface area contributed by atoms with Crippen LogP contribution in [0, 0.1) is 0 Å². The second-order valence-corrected chi connectivity index (χ2v) is 5.09. The molecule has 1 aliphatic heterocycles. The zero-order valence-corrected chi connectivity index (χ0v) is 10.7. The highest BCUT2D eigenvalue weighted by molar-refractivity contribution is 5.22. The average molecular weight is 233 g/mol. The highest BCUT2D eigenvalue weighted by atomic mass is 16.3. The van der Waals surface area contributed by atoms with Crippen molar-refractivity contribution in [2.75, 3.05) is 19.6 Å². The van der Waals surface area contributed by atoms with Crippen molar-refractivity contribution in [2.24, 2.45) is 0 Å². The van der Waals surface area contributed by atoms with E-state index in [1.807, 2.05) is 18.2 Å². The molecule has 0 aromatic heterocycles. The maximum Gasteiger partial charge on any atom is 0.0909 e. The first-order chi connectivity index (χ1) is 8.24. The van der Waals surface area contributed by atoms with E-state index in [2.05, 4.69) is 24.0 Å². The molecule has 1 aromatic rings. The van der Waals surface area contributed by atoms with Crippen LogP contribution in [0.4, 0.5) is 0 Å². The van der Waals surface area contributed by atoms with Crippen molar-refractivity contribution in [1.29, 1.82) is 0 Å². The van der Waals surface area contributed by atoms with Crippen molar-refractivity contribution >= 4 is 0 Å². The van der Waals surface area contributed by atoms with Crippen molar-refractivity contribution < 1.29 is 5.11 Å². The van der Waals surface area contributed by atoms with Gasteiger partial charge in [0.1, 0.15) is 0 Å². The summed E-state index contributed by atoms with van der Waals surface area (Å²) in [6.07, 6.45) is 4.03. The van der Waals surface area contributed by atoms with Gasteiger partial charge in [-0.15, -0.1) is 0 Å². The van der Waals surface area contributed by atoms with Crippen LogP contribution < -0.4 is 0 Å². The Balaban J connectivity index is 2.06. The minimum absolute atomic E-state index is 0.607. The van der Waals surface area contributed by atoms with Crippen LogP contribution in [0.5, 0.6) is 0 Å². The monoisotopic (exact) mass is 233 g/mol. The van der Waals surface area contributed by atoms with Crippen LogP contribution in [-0.4, -0.2) is 29.6 Å². The third-order valence-electron chi connectivity index (χ3n) is 3.76. The molecule has 0 bridgehead atoms. The first kappa shape index (κ1) is 12.6. The molecule has 0 radical (unpaired) electrons. The van der Waals surface area contributed by atoms with Gasteiger partial charge >= 0.3 is 0 Å². The number of nitrogens with zero attached hydrogens (tertiary/aromatic N) is 1. The van der Waals surface area contributed by atoms with Gasteiger partial charge in [-0.2, -0.15) is 0 Å². The zero-order chi connectivity index (χ0) is 12.1. The summed E-state index contributed by atoms with van der Waals surface area (Å²) in [6.45, 7) is 5.52. The van der Waals surface area contributed by atoms with Gasteiger partial charge < -0.3 is 10.0 Å². The van der Waals surface area contributed by atoms with Crippen LogP contribution in [-0.2, 0) is 5.60 Å². The topological polar surface area (TPSA) is 23.5 Å². The van der Waals surface area contributed by atoms with Crippen molar-refractivity contribution in [3.63, 3.8) is 0 Å². The van der Waals surface area contributed by atoms with Gasteiger partial charge in [-0.25, -0.2) is 0 Å². The fraction of sp³-hybridized carbons (Fsp3) is 0.600. The van der Waals surface area contributed by atoms with E-state index in [4.69, 9.17) is 0 Å². The Bertz CT molecular complexity index is 338. The van der Waals surface area contributed by atoms with Crippen LogP contribution in [0.25, 0.3) is 0 Å². The Morgan fingerprint density at radius 1 is 1.18 bits per heavy atom. The van der Waals surface area contributed by atoms with Gasteiger partial charge in [0.25, 0.3) is 0 Å². The Morgan fingerprint density at radius 2 is 1.94 bits per heavy atom. The second-order valence-electron chi connectivity index (χ2n) is 5.09. The van der Waals surface area contributed by atoms with Crippen LogP contribution >= 0.6 is 0 Å². The number of benzene rings is 1. The molecule has 1 unspecified atom stereocenters. The van der Waals surface area contributed by atoms with Gasteiger partial charge in [0.2, 0.25) is 0 Å². The van der Waals surface area contributed by atoms with Crippen LogP contribution in [0.15, 0.2) is 30.3 Å². The van der Waals surface area contributed by atoms with E-state index in [1.165, 1.54) is 6.42 Å². The van der Waals surface area contributed by atoms with Gasteiger partial charge in [-0.05, 0) is 44.3 Å². The summed E-state index contributed by atoms with van der Waals surface area (Å²) in [4.78, 5) is 2.47. The highest BCUT2D eigenvalue weighted by Gasteiger charge is 2.31. The van der Waals surface area contributed by atoms with E-state index in [1.54, 1.807) is 0 Å². The molecule has 2 nitrogen and oxygen atoms in total. The summed E-state index contributed by atoms with van der Waals surface area (Å²) < 4.78 is 0. The Morgan fingerprint density at radius 3 is 2.65 bits per heavy atom. The molecular formula is C15H23NO. The van der Waals surface area contributed by atoms with Crippen molar-refractivity contribution in [3.05, 3.63) is 35.9 Å². The third kappa shape index (κ3) is 3.08. The molecule has 0 spiro atoms. The summed E-state index contributed by atoms with van der Waals surface area (Å²) in [5, 5.41) is 10.8. The number of hydrogen-bond acceptors (Lipinski definition) is 2. The average Bonchev–Trinajstić information content (AvgIpc) is 2.55. The molecule has 2 heteroatoms. The van der Waals surface area contributed by atoms with Crippen molar-refractivity contribution in [3.8, 4) is 0 Å². The number of aliphatic hydroxyl groups is 1. The quantitative estimate of drug-likeness (QED) is 0.867. The number of hydrogen-bond donors (Lipinski definition) is 1. The largest absolute Gasteiger partial charge is 0.385 e. The molecule has 17 heavy (non-hydrogen) atoms. The summed E-state index contributed by atoms with van der Waals surface area (Å²) in [7, 11) is 0. The smallest absolute Gasteiger partial charge is 0.0909 e. The minimum Gasteiger partial charge on any atom is -0.385 e. The summed E-state index contributed by atoms with van der Waals surface area (Å²) in [6, 6.07) is 10.1. The lowest BCUT2D eigenvalue weighted by Gasteiger charge is -2.27. The molecule has 0 aliphatic carbocycles. The molecule has 0 saturated carbocycles. The van der Waals surface area contributed by atoms with Crippen LogP contribution in [0.3, 0.4) is 0 Å². The van der Waals surface area contributed by atoms with E-state index in [9.17, 15) is 5.11 Å². The molecule has 1 heterocycles. The highest BCUT2D eigenvalue weighted by Crippen LogP contribution is 2.32. The van der Waals surface area contributed by atoms with Gasteiger partial charge in [0, 0.05) is 6.54 Å². The zero-order valence-electron chi connectivity index (χ0n) is 10.7. The molecule has 1 fully saturated rings. The lowest BCUT2D eigenvalue weighted by molar-refractivity contribution is 0.0212. The predicted molar refractivity (Wildman–Crippen MR) is 70.9 cm³/mol. The first-order valence-corrected chi connectivity index (χ1v) is 6.75. The fourth-order valence-electron chi connectivity index (χ4n) is 2.75. The van der Waals surface area contributed by atoms with E-state index < -0.39 is 5.60 Å². The predicted octanol–water partition coefficient (Wildman–Crippen LogP) is 2.77. The van der Waals surface area contributed by atoms with Crippen LogP contribution in [0.1, 0.15) is 38.2 Å². The SMILES string of the molecule is CCCN1CCCC(O)(c2ccccc2)CC1. The normalized spacial score (nSPS) is 26.7. The molecule has 1 N–H and O–H groups in total. The van der Waals surface area contributed by atoms with E-state index in [0.717, 1.165) is 44.5 Å². The summed E-state index contributed by atoms with van der Waals surface area (Å²) >= 11 is 0. The summed E-state index contributed by atoms with van der Waals surface area (Å²) in [5.41, 5.74) is 0.474. The Labute approximate surface area is 104 Å². The Kier molecular flexibility index (Phi) is 4.19. The molecule has 94 valence electrons. The van der Waals surface area contributed by atoms with Gasteiger partial charge in [-0.3, -0.25) is 0 Å². The maximum atomic E-state index is 10.8. The van der Waals surface area contributed by atoms with Crippen molar-refractivity contribution in [2.45, 2.75) is 38.2 Å². The maximum absolute atomic E-state index is 10.8. The van der Waals surface area contributed by atoms with Crippen LogP contribution in [0.2, 0.25) is 0 Å². The van der Waals surface area contributed by atoms with E-state index in [-0.39, 0.29) is 0 Å². The molecule has 0 amide bonds. The molecule has 1 saturated heterocycles. The third-order valence-corrected chi connectivity index (χ3v) is 3.76. The molecular weight excluding hydrogens is 210 g/mol. The van der Waals surface area contributed by atoms with Crippen molar-refractivity contribution in [1.82, 2.24) is 4.90 Å². The standard InChI is InChI=1S/C15H23NO/c1-2-11-16-12-6-9-15(17,10-13-16)14-7-4-3-5-8-14/h3-5,7-8,17H,2,6,9-13H2,1H3. The molecule has 1 aliphatic rings. The number of rotatable bonds is 3. The fourth-order valence-corrected chi connectivity index (χ4v) is 2.75. The molecule has 2 rings (SSSR count). The first-order valence-electron chi connectivity index (χ1n) is 6.75. The van der Waals surface area contributed by atoms with Gasteiger partial charge in [0.05, 0.1) is 5.60 Å². The second kappa shape index (κ2) is 5.65. The summed E-state index contributed by atoms with van der Waals surface area (Å²) in [5.74, 6) is 0. The van der Waals surface area contributed by atoms with E-state index in [0.29, 0.717) is 0 Å². The number of likely N-dealkylation sites (tertiary alicyclic amines) is 1. The van der Waals surface area contributed by atoms with Gasteiger partial charge in [0.15, 0.2) is 0 Å². The minimum atomic E-state index is -0.607.